The molecule has 8 nitrogen and oxygen atoms in total. The first-order valence-corrected chi connectivity index (χ1v) is 6.28. The maximum Gasteiger partial charge on any atom is 0.361 e. The highest BCUT2D eigenvalue weighted by atomic mass is 16.5. The van der Waals surface area contributed by atoms with Crippen LogP contribution in [-0.4, -0.2) is 35.6 Å². The summed E-state index contributed by atoms with van der Waals surface area (Å²) < 4.78 is 9.94. The van der Waals surface area contributed by atoms with E-state index < -0.39 is 18.5 Å². The highest BCUT2D eigenvalue weighted by molar-refractivity contribution is 5.97. The number of nitrogen functional groups attached to an aromatic ring is 1. The Hall–Kier alpha value is -3.16. The van der Waals surface area contributed by atoms with Gasteiger partial charge in [0.15, 0.2) is 18.1 Å². The van der Waals surface area contributed by atoms with E-state index in [1.807, 2.05) is 0 Å². The first kappa shape index (κ1) is 15.2. The largest absolute Gasteiger partial charge is 0.495 e. The van der Waals surface area contributed by atoms with Gasteiger partial charge < -0.3 is 20.5 Å². The highest BCUT2D eigenvalue weighted by Crippen LogP contribution is 2.22. The Bertz CT molecular complexity index is 690. The SMILES string of the molecule is COc1ccccc1NC(=O)COC(=O)c1nccnc1N. The molecular weight excluding hydrogens is 288 g/mol. The van der Waals surface area contributed by atoms with Crippen LogP contribution in [0.3, 0.4) is 0 Å². The van der Waals surface area contributed by atoms with E-state index in [4.69, 9.17) is 15.2 Å². The molecule has 0 atom stereocenters. The van der Waals surface area contributed by atoms with E-state index in [1.54, 1.807) is 24.3 Å². The van der Waals surface area contributed by atoms with Crippen molar-refractivity contribution in [3.63, 3.8) is 0 Å². The fraction of sp³-hybridized carbons (Fsp3) is 0.143. The molecule has 8 heteroatoms. The molecule has 0 spiro atoms. The highest BCUT2D eigenvalue weighted by Gasteiger charge is 2.16. The lowest BCUT2D eigenvalue weighted by Crippen LogP contribution is -2.22. The summed E-state index contributed by atoms with van der Waals surface area (Å²) in [6.45, 7) is -0.479. The minimum atomic E-state index is -0.819. The van der Waals surface area contributed by atoms with E-state index in [0.29, 0.717) is 11.4 Å². The molecule has 0 bridgehead atoms. The first-order chi connectivity index (χ1) is 10.6. The van der Waals surface area contributed by atoms with Gasteiger partial charge in [-0.3, -0.25) is 4.79 Å². The summed E-state index contributed by atoms with van der Waals surface area (Å²) in [6.07, 6.45) is 2.66. The van der Waals surface area contributed by atoms with Crippen LogP contribution >= 0.6 is 0 Å². The fourth-order valence-electron chi connectivity index (χ4n) is 1.64. The van der Waals surface area contributed by atoms with Crippen LogP contribution in [0, 0.1) is 0 Å². The summed E-state index contributed by atoms with van der Waals surface area (Å²) in [6, 6.07) is 6.87. The zero-order valence-corrected chi connectivity index (χ0v) is 11.8. The van der Waals surface area contributed by atoms with Crippen molar-refractivity contribution in [2.75, 3.05) is 24.8 Å². The third-order valence-corrected chi connectivity index (χ3v) is 2.64. The quantitative estimate of drug-likeness (QED) is 0.787. The average Bonchev–Trinajstić information content (AvgIpc) is 2.53. The Labute approximate surface area is 126 Å². The van der Waals surface area contributed by atoms with Crippen LogP contribution in [0.5, 0.6) is 5.75 Å². The zero-order chi connectivity index (χ0) is 15.9. The zero-order valence-electron chi connectivity index (χ0n) is 11.8. The van der Waals surface area contributed by atoms with Gasteiger partial charge in [0.1, 0.15) is 5.75 Å². The average molecular weight is 302 g/mol. The maximum atomic E-state index is 11.8. The smallest absolute Gasteiger partial charge is 0.361 e. The second kappa shape index (κ2) is 7.02. The number of rotatable bonds is 5. The third kappa shape index (κ3) is 3.69. The number of nitrogens with one attached hydrogen (secondary N) is 1. The van der Waals surface area contributed by atoms with Crippen LogP contribution in [0.1, 0.15) is 10.5 Å². The maximum absolute atomic E-state index is 11.8. The summed E-state index contributed by atoms with van der Waals surface area (Å²) in [5.41, 5.74) is 5.84. The van der Waals surface area contributed by atoms with Crippen molar-refractivity contribution in [2.24, 2.45) is 0 Å². The van der Waals surface area contributed by atoms with Gasteiger partial charge in [0.2, 0.25) is 0 Å². The first-order valence-electron chi connectivity index (χ1n) is 6.28. The number of ether oxygens (including phenoxy) is 2. The summed E-state index contributed by atoms with van der Waals surface area (Å²) in [5.74, 6) is -0.890. The summed E-state index contributed by atoms with van der Waals surface area (Å²) >= 11 is 0. The number of carbonyl (C=O) groups excluding carboxylic acids is 2. The van der Waals surface area contributed by atoms with E-state index in [0.717, 1.165) is 0 Å². The Morgan fingerprint density at radius 1 is 1.23 bits per heavy atom. The van der Waals surface area contributed by atoms with E-state index >= 15 is 0 Å². The molecule has 3 N–H and O–H groups in total. The number of esters is 1. The number of nitrogens with zero attached hydrogens (tertiary/aromatic N) is 2. The number of methoxy groups -OCH3 is 1. The molecule has 0 radical (unpaired) electrons. The molecule has 0 fully saturated rings. The number of anilines is 2. The van der Waals surface area contributed by atoms with Crippen LogP contribution in [0.15, 0.2) is 36.7 Å². The van der Waals surface area contributed by atoms with Crippen LogP contribution in [0.2, 0.25) is 0 Å². The predicted octanol–water partition coefficient (Wildman–Crippen LogP) is 0.863. The number of nitrogens with two attached hydrogens (primary N) is 1. The van der Waals surface area contributed by atoms with Gasteiger partial charge >= 0.3 is 5.97 Å². The molecule has 0 aliphatic heterocycles. The number of carbonyl (C=O) groups is 2. The molecule has 1 aromatic heterocycles. The molecule has 0 aliphatic rings. The van der Waals surface area contributed by atoms with Crippen molar-refractivity contribution in [1.82, 2.24) is 9.97 Å². The van der Waals surface area contributed by atoms with Gasteiger partial charge in [-0.25, -0.2) is 14.8 Å². The Morgan fingerprint density at radius 3 is 2.68 bits per heavy atom. The molecule has 0 saturated carbocycles. The molecule has 1 heterocycles. The van der Waals surface area contributed by atoms with Crippen LogP contribution in [0.25, 0.3) is 0 Å². The van der Waals surface area contributed by atoms with Crippen molar-refractivity contribution < 1.29 is 19.1 Å². The molecule has 2 rings (SSSR count). The molecule has 1 amide bonds. The van der Waals surface area contributed by atoms with E-state index in [-0.39, 0.29) is 11.5 Å². The van der Waals surface area contributed by atoms with Crippen LogP contribution in [-0.2, 0) is 9.53 Å². The second-order valence-electron chi connectivity index (χ2n) is 4.11. The lowest BCUT2D eigenvalue weighted by atomic mass is 10.3. The molecule has 0 aliphatic carbocycles. The fourth-order valence-corrected chi connectivity index (χ4v) is 1.64. The topological polar surface area (TPSA) is 116 Å². The Kier molecular flexibility index (Phi) is 4.86. The number of benzene rings is 1. The van der Waals surface area contributed by atoms with Crippen LogP contribution in [0.4, 0.5) is 11.5 Å². The van der Waals surface area contributed by atoms with Gasteiger partial charge in [-0.2, -0.15) is 0 Å². The Morgan fingerprint density at radius 2 is 1.95 bits per heavy atom. The number of hydrogen-bond acceptors (Lipinski definition) is 7. The van der Waals surface area contributed by atoms with Gasteiger partial charge in [0.25, 0.3) is 5.91 Å². The van der Waals surface area contributed by atoms with Gasteiger partial charge in [-0.1, -0.05) is 12.1 Å². The molecule has 114 valence electrons. The predicted molar refractivity (Wildman–Crippen MR) is 78.4 cm³/mol. The van der Waals surface area contributed by atoms with Gasteiger partial charge in [-0.15, -0.1) is 0 Å². The summed E-state index contributed by atoms with van der Waals surface area (Å²) in [7, 11) is 1.49. The number of hydrogen-bond donors (Lipinski definition) is 2. The van der Waals surface area contributed by atoms with E-state index in [2.05, 4.69) is 15.3 Å². The normalized spacial score (nSPS) is 9.86. The number of para-hydroxylation sites is 2. The molecule has 2 aromatic rings. The number of aromatic nitrogens is 2. The minimum absolute atomic E-state index is 0.0577. The lowest BCUT2D eigenvalue weighted by molar-refractivity contribution is -0.119. The van der Waals surface area contributed by atoms with Crippen molar-refractivity contribution in [3.8, 4) is 5.75 Å². The second-order valence-corrected chi connectivity index (χ2v) is 4.11. The molecule has 0 unspecified atom stereocenters. The summed E-state index contributed by atoms with van der Waals surface area (Å²) in [4.78, 5) is 31.0. The monoisotopic (exact) mass is 302 g/mol. The van der Waals surface area contributed by atoms with Crippen molar-refractivity contribution in [3.05, 3.63) is 42.4 Å². The van der Waals surface area contributed by atoms with E-state index in [1.165, 1.54) is 19.5 Å². The lowest BCUT2D eigenvalue weighted by Gasteiger charge is -2.10. The Balaban J connectivity index is 1.93. The molecule has 1 aromatic carbocycles. The standard InChI is InChI=1S/C14H14N4O4/c1-21-10-5-3-2-4-9(10)18-11(19)8-22-14(20)12-13(15)17-7-6-16-12/h2-7H,8H2,1H3,(H2,15,17)(H,18,19). The van der Waals surface area contributed by atoms with Crippen molar-refractivity contribution >= 4 is 23.4 Å². The van der Waals surface area contributed by atoms with Gasteiger partial charge in [-0.05, 0) is 12.1 Å². The van der Waals surface area contributed by atoms with Crippen molar-refractivity contribution in [2.45, 2.75) is 0 Å². The minimum Gasteiger partial charge on any atom is -0.495 e. The van der Waals surface area contributed by atoms with Gasteiger partial charge in [0, 0.05) is 12.4 Å². The third-order valence-electron chi connectivity index (χ3n) is 2.64. The summed E-state index contributed by atoms with van der Waals surface area (Å²) in [5, 5.41) is 2.57. The van der Waals surface area contributed by atoms with Gasteiger partial charge in [0.05, 0.1) is 12.8 Å². The molecule has 22 heavy (non-hydrogen) atoms. The van der Waals surface area contributed by atoms with E-state index in [9.17, 15) is 9.59 Å². The number of amides is 1. The van der Waals surface area contributed by atoms with Crippen molar-refractivity contribution in [1.29, 1.82) is 0 Å². The molecule has 0 saturated heterocycles. The van der Waals surface area contributed by atoms with Crippen LogP contribution < -0.4 is 15.8 Å². The molecular formula is C14H14N4O4.